The lowest BCUT2D eigenvalue weighted by atomic mass is 9.89. The van der Waals surface area contributed by atoms with E-state index in [1.165, 1.54) is 18.7 Å². The molecule has 0 saturated heterocycles. The van der Waals surface area contributed by atoms with Gasteiger partial charge in [-0.15, -0.1) is 0 Å². The highest BCUT2D eigenvalue weighted by molar-refractivity contribution is 5.96. The van der Waals surface area contributed by atoms with Crippen molar-refractivity contribution >= 4 is 23.8 Å². The highest BCUT2D eigenvalue weighted by atomic mass is 16.4. The van der Waals surface area contributed by atoms with Crippen LogP contribution in [0.5, 0.6) is 0 Å². The van der Waals surface area contributed by atoms with Crippen molar-refractivity contribution in [2.75, 3.05) is 20.6 Å². The van der Waals surface area contributed by atoms with Gasteiger partial charge in [-0.05, 0) is 13.8 Å². The highest BCUT2D eigenvalue weighted by Gasteiger charge is 2.30. The van der Waals surface area contributed by atoms with Crippen LogP contribution >= 0.6 is 0 Å². The van der Waals surface area contributed by atoms with E-state index in [2.05, 4.69) is 5.32 Å². The van der Waals surface area contributed by atoms with Gasteiger partial charge in [0, 0.05) is 33.5 Å². The minimum Gasteiger partial charge on any atom is -0.481 e. The molecule has 8 heteroatoms. The van der Waals surface area contributed by atoms with E-state index in [-0.39, 0.29) is 25.3 Å². The largest absolute Gasteiger partial charge is 0.481 e. The molecule has 3 N–H and O–H groups in total. The Morgan fingerprint density at radius 2 is 1.70 bits per heavy atom. The van der Waals surface area contributed by atoms with E-state index in [1.54, 1.807) is 14.1 Å². The van der Waals surface area contributed by atoms with E-state index in [0.29, 0.717) is 0 Å². The lowest BCUT2D eigenvalue weighted by Gasteiger charge is -2.17. The third-order valence-electron chi connectivity index (χ3n) is 2.56. The maximum Gasteiger partial charge on any atom is 0.321 e. The van der Waals surface area contributed by atoms with Gasteiger partial charge in [0.05, 0.1) is 5.41 Å². The van der Waals surface area contributed by atoms with Gasteiger partial charge in [0.2, 0.25) is 11.8 Å². The first-order valence-electron chi connectivity index (χ1n) is 6.07. The van der Waals surface area contributed by atoms with E-state index < -0.39 is 23.3 Å². The molecule has 0 bridgehead atoms. The minimum absolute atomic E-state index is 0.0957. The number of nitrogens with zero attached hydrogens (tertiary/aromatic N) is 1. The van der Waals surface area contributed by atoms with E-state index in [0.717, 1.165) is 0 Å². The van der Waals surface area contributed by atoms with Crippen LogP contribution in [-0.2, 0) is 14.4 Å². The summed E-state index contributed by atoms with van der Waals surface area (Å²) in [6.07, 6.45) is -0.193. The maximum atomic E-state index is 11.5. The van der Waals surface area contributed by atoms with Crippen LogP contribution in [0.3, 0.4) is 0 Å². The second-order valence-electron chi connectivity index (χ2n) is 5.21. The number of urea groups is 1. The van der Waals surface area contributed by atoms with Crippen molar-refractivity contribution in [3.8, 4) is 0 Å². The van der Waals surface area contributed by atoms with Crippen molar-refractivity contribution in [1.82, 2.24) is 15.5 Å². The van der Waals surface area contributed by atoms with E-state index in [1.807, 2.05) is 5.32 Å². The molecule has 0 aliphatic rings. The number of hydrogen-bond donors (Lipinski definition) is 3. The number of amides is 4. The number of carbonyl (C=O) groups is 4. The van der Waals surface area contributed by atoms with Crippen LogP contribution in [0.2, 0.25) is 0 Å². The number of carboxylic acid groups (broad SMARTS) is 1. The minimum atomic E-state index is -1.24. The SMILES string of the molecule is CN(C)C(=O)CCNC(=O)NC(=O)CC(C)(C)C(=O)O. The molecular formula is C12H21N3O5. The van der Waals surface area contributed by atoms with Gasteiger partial charge < -0.3 is 15.3 Å². The van der Waals surface area contributed by atoms with Crippen molar-refractivity contribution in [3.63, 3.8) is 0 Å². The van der Waals surface area contributed by atoms with Crippen LogP contribution in [0.25, 0.3) is 0 Å². The smallest absolute Gasteiger partial charge is 0.321 e. The summed E-state index contributed by atoms with van der Waals surface area (Å²) in [5.74, 6) is -1.96. The average Bonchev–Trinajstić information content (AvgIpc) is 2.27. The van der Waals surface area contributed by atoms with Crippen molar-refractivity contribution in [3.05, 3.63) is 0 Å². The molecule has 20 heavy (non-hydrogen) atoms. The van der Waals surface area contributed by atoms with Crippen LogP contribution in [0.1, 0.15) is 26.7 Å². The number of carbonyl (C=O) groups excluding carboxylic acids is 3. The van der Waals surface area contributed by atoms with Gasteiger partial charge in [-0.3, -0.25) is 19.7 Å². The molecule has 4 amide bonds. The Hall–Kier alpha value is -2.12. The van der Waals surface area contributed by atoms with Gasteiger partial charge in [-0.2, -0.15) is 0 Å². The van der Waals surface area contributed by atoms with E-state index in [9.17, 15) is 19.2 Å². The Morgan fingerprint density at radius 1 is 1.15 bits per heavy atom. The molecule has 0 aliphatic carbocycles. The summed E-state index contributed by atoms with van der Waals surface area (Å²) in [4.78, 5) is 46.3. The monoisotopic (exact) mass is 287 g/mol. The Kier molecular flexibility index (Phi) is 6.67. The Labute approximate surface area is 117 Å². The quantitative estimate of drug-likeness (QED) is 0.625. The topological polar surface area (TPSA) is 116 Å². The summed E-state index contributed by atoms with van der Waals surface area (Å²) >= 11 is 0. The molecule has 0 unspecified atom stereocenters. The van der Waals surface area contributed by atoms with Crippen LogP contribution in [0.4, 0.5) is 4.79 Å². The van der Waals surface area contributed by atoms with E-state index in [4.69, 9.17) is 5.11 Å². The van der Waals surface area contributed by atoms with Crippen molar-refractivity contribution in [1.29, 1.82) is 0 Å². The van der Waals surface area contributed by atoms with E-state index >= 15 is 0 Å². The predicted octanol–water partition coefficient (Wildman–Crippen LogP) is -0.209. The summed E-state index contributed by atoms with van der Waals surface area (Å²) < 4.78 is 0. The standard InChI is InChI=1S/C12H21N3O5/c1-12(2,10(18)19)7-8(16)14-11(20)13-6-5-9(17)15(3)4/h5-7H2,1-4H3,(H,18,19)(H2,13,14,16,20). The van der Waals surface area contributed by atoms with Gasteiger partial charge in [-0.25, -0.2) is 4.79 Å². The Bertz CT molecular complexity index is 404. The van der Waals surface area contributed by atoms with Crippen LogP contribution in [0.15, 0.2) is 0 Å². The molecule has 0 aromatic carbocycles. The lowest BCUT2D eigenvalue weighted by molar-refractivity contribution is -0.149. The molecular weight excluding hydrogens is 266 g/mol. The molecule has 114 valence electrons. The zero-order valence-electron chi connectivity index (χ0n) is 12.1. The summed E-state index contributed by atoms with van der Waals surface area (Å²) in [6, 6.07) is -0.747. The van der Waals surface area contributed by atoms with Gasteiger partial charge >= 0.3 is 12.0 Å². The van der Waals surface area contributed by atoms with Crippen LogP contribution in [0, 0.1) is 5.41 Å². The number of hydrogen-bond acceptors (Lipinski definition) is 4. The summed E-state index contributed by atoms with van der Waals surface area (Å²) in [5.41, 5.74) is -1.24. The average molecular weight is 287 g/mol. The molecule has 8 nitrogen and oxygen atoms in total. The summed E-state index contributed by atoms with van der Waals surface area (Å²) in [6.45, 7) is 2.88. The molecule has 0 radical (unpaired) electrons. The third kappa shape index (κ3) is 6.72. The zero-order valence-corrected chi connectivity index (χ0v) is 12.1. The lowest BCUT2D eigenvalue weighted by Crippen LogP contribution is -2.43. The van der Waals surface area contributed by atoms with Crippen molar-refractivity contribution in [2.24, 2.45) is 5.41 Å². The summed E-state index contributed by atoms with van der Waals surface area (Å²) in [5, 5.41) is 13.2. The number of nitrogens with one attached hydrogen (secondary N) is 2. The molecule has 0 heterocycles. The van der Waals surface area contributed by atoms with Gasteiger partial charge in [0.15, 0.2) is 0 Å². The molecule has 0 saturated carbocycles. The normalized spacial score (nSPS) is 10.6. The van der Waals surface area contributed by atoms with Crippen LogP contribution < -0.4 is 10.6 Å². The number of carboxylic acids is 1. The first kappa shape index (κ1) is 17.9. The fourth-order valence-corrected chi connectivity index (χ4v) is 1.20. The van der Waals surface area contributed by atoms with Gasteiger partial charge in [0.1, 0.15) is 0 Å². The molecule has 0 spiro atoms. The van der Waals surface area contributed by atoms with Gasteiger partial charge in [0.25, 0.3) is 0 Å². The fourth-order valence-electron chi connectivity index (χ4n) is 1.20. The van der Waals surface area contributed by atoms with Gasteiger partial charge in [-0.1, -0.05) is 0 Å². The number of aliphatic carboxylic acids is 1. The summed E-state index contributed by atoms with van der Waals surface area (Å²) in [7, 11) is 3.19. The molecule has 0 fully saturated rings. The second-order valence-corrected chi connectivity index (χ2v) is 5.21. The molecule has 0 aliphatic heterocycles. The zero-order chi connectivity index (χ0) is 15.9. The molecule has 0 aromatic rings. The maximum absolute atomic E-state index is 11.5. The Morgan fingerprint density at radius 3 is 2.15 bits per heavy atom. The predicted molar refractivity (Wildman–Crippen MR) is 70.9 cm³/mol. The first-order valence-corrected chi connectivity index (χ1v) is 6.07. The second kappa shape index (κ2) is 7.46. The highest BCUT2D eigenvalue weighted by Crippen LogP contribution is 2.19. The molecule has 0 aromatic heterocycles. The van der Waals surface area contributed by atoms with Crippen molar-refractivity contribution < 1.29 is 24.3 Å². The number of imide groups is 1. The fraction of sp³-hybridized carbons (Fsp3) is 0.667. The Balaban J connectivity index is 4.07. The molecule has 0 atom stereocenters. The third-order valence-corrected chi connectivity index (χ3v) is 2.56. The number of rotatable bonds is 6. The first-order chi connectivity index (χ1) is 9.06. The van der Waals surface area contributed by atoms with Crippen LogP contribution in [-0.4, -0.2) is 54.5 Å². The molecule has 0 rings (SSSR count). The van der Waals surface area contributed by atoms with Crippen molar-refractivity contribution in [2.45, 2.75) is 26.7 Å².